The van der Waals surface area contributed by atoms with Gasteiger partial charge in [0.05, 0.1) is 18.4 Å². The van der Waals surface area contributed by atoms with Gasteiger partial charge in [-0.15, -0.1) is 0 Å². The summed E-state index contributed by atoms with van der Waals surface area (Å²) >= 11 is 0. The number of nitrogens with two attached hydrogens (primary N) is 1. The van der Waals surface area contributed by atoms with Gasteiger partial charge in [0.25, 0.3) is 0 Å². The van der Waals surface area contributed by atoms with Crippen molar-refractivity contribution >= 4 is 5.88 Å². The van der Waals surface area contributed by atoms with Gasteiger partial charge < -0.3 is 15.0 Å². The molecular formula is C16H22N2O2. The third-order valence-electron chi connectivity index (χ3n) is 3.72. The Morgan fingerprint density at radius 2 is 2.15 bits per heavy atom. The van der Waals surface area contributed by atoms with Gasteiger partial charge in [-0.2, -0.15) is 0 Å². The second-order valence-corrected chi connectivity index (χ2v) is 5.27. The fourth-order valence-electron chi connectivity index (χ4n) is 2.24. The summed E-state index contributed by atoms with van der Waals surface area (Å²) in [6, 6.07) is 6.03. The molecule has 0 bridgehead atoms. The topological polar surface area (TPSA) is 61.3 Å². The smallest absolute Gasteiger partial charge is 0.230 e. The Morgan fingerprint density at radius 3 is 2.80 bits per heavy atom. The zero-order chi connectivity index (χ0) is 14.7. The first-order chi connectivity index (χ1) is 9.56. The minimum atomic E-state index is 0.370. The molecule has 0 fully saturated rings. The number of anilines is 1. The number of ether oxygens (including phenoxy) is 1. The van der Waals surface area contributed by atoms with Crippen molar-refractivity contribution in [1.29, 1.82) is 0 Å². The zero-order valence-corrected chi connectivity index (χ0v) is 12.6. The lowest BCUT2D eigenvalue weighted by molar-refractivity contribution is 0.412. The van der Waals surface area contributed by atoms with Gasteiger partial charge in [-0.25, -0.2) is 0 Å². The maximum Gasteiger partial charge on any atom is 0.230 e. The Hall–Kier alpha value is -1.97. The van der Waals surface area contributed by atoms with E-state index < -0.39 is 0 Å². The standard InChI is InChI=1S/C16H22N2O2/c1-5-10(2)8-13-15(16(17)20-18-13)12-7-6-11(3)14(9-12)19-4/h6-7,9-10H,5,8,17H2,1-4H3. The molecule has 1 unspecified atom stereocenters. The fourth-order valence-corrected chi connectivity index (χ4v) is 2.24. The summed E-state index contributed by atoms with van der Waals surface area (Å²) in [5.41, 5.74) is 9.84. The van der Waals surface area contributed by atoms with Crippen LogP contribution in [0.4, 0.5) is 5.88 Å². The lowest BCUT2D eigenvalue weighted by atomic mass is 9.96. The molecule has 4 nitrogen and oxygen atoms in total. The predicted molar refractivity (Wildman–Crippen MR) is 80.8 cm³/mol. The van der Waals surface area contributed by atoms with Crippen molar-refractivity contribution in [2.24, 2.45) is 5.92 Å². The van der Waals surface area contributed by atoms with Crippen molar-refractivity contribution in [2.75, 3.05) is 12.8 Å². The third-order valence-corrected chi connectivity index (χ3v) is 3.72. The first-order valence-electron chi connectivity index (χ1n) is 6.95. The Morgan fingerprint density at radius 1 is 1.40 bits per heavy atom. The van der Waals surface area contributed by atoms with Gasteiger partial charge in [-0.3, -0.25) is 0 Å². The molecule has 0 spiro atoms. The highest BCUT2D eigenvalue weighted by Gasteiger charge is 2.18. The summed E-state index contributed by atoms with van der Waals surface area (Å²) < 4.78 is 10.6. The average Bonchev–Trinajstić information content (AvgIpc) is 2.80. The van der Waals surface area contributed by atoms with Crippen molar-refractivity contribution in [2.45, 2.75) is 33.6 Å². The number of nitrogen functional groups attached to an aromatic ring is 1. The first-order valence-corrected chi connectivity index (χ1v) is 6.95. The molecule has 0 saturated heterocycles. The van der Waals surface area contributed by atoms with E-state index in [0.717, 1.165) is 41.0 Å². The maximum atomic E-state index is 5.95. The number of aryl methyl sites for hydroxylation is 1. The predicted octanol–water partition coefficient (Wildman–Crippen LogP) is 3.83. The number of hydrogen-bond acceptors (Lipinski definition) is 4. The van der Waals surface area contributed by atoms with Crippen LogP contribution in [0.1, 0.15) is 31.5 Å². The van der Waals surface area contributed by atoms with E-state index in [1.807, 2.05) is 25.1 Å². The largest absolute Gasteiger partial charge is 0.496 e. The monoisotopic (exact) mass is 274 g/mol. The summed E-state index contributed by atoms with van der Waals surface area (Å²) in [5, 5.41) is 4.12. The highest BCUT2D eigenvalue weighted by Crippen LogP contribution is 2.34. The Kier molecular flexibility index (Phi) is 4.32. The molecular weight excluding hydrogens is 252 g/mol. The zero-order valence-electron chi connectivity index (χ0n) is 12.6. The molecule has 1 heterocycles. The van der Waals surface area contributed by atoms with Crippen LogP contribution in [0.15, 0.2) is 22.7 Å². The van der Waals surface area contributed by atoms with Crippen LogP contribution in [0.3, 0.4) is 0 Å². The summed E-state index contributed by atoms with van der Waals surface area (Å²) in [4.78, 5) is 0. The highest BCUT2D eigenvalue weighted by molar-refractivity contribution is 5.76. The van der Waals surface area contributed by atoms with Crippen LogP contribution in [0.2, 0.25) is 0 Å². The Balaban J connectivity index is 2.44. The van der Waals surface area contributed by atoms with E-state index >= 15 is 0 Å². The van der Waals surface area contributed by atoms with Crippen LogP contribution in [-0.4, -0.2) is 12.3 Å². The van der Waals surface area contributed by atoms with E-state index in [0.29, 0.717) is 11.8 Å². The molecule has 1 aromatic carbocycles. The molecule has 0 saturated carbocycles. The Bertz CT molecular complexity index is 590. The van der Waals surface area contributed by atoms with Gasteiger partial charge in [0.1, 0.15) is 5.75 Å². The number of methoxy groups -OCH3 is 1. The van der Waals surface area contributed by atoms with E-state index in [9.17, 15) is 0 Å². The van der Waals surface area contributed by atoms with E-state index in [-0.39, 0.29) is 0 Å². The average molecular weight is 274 g/mol. The summed E-state index contributed by atoms with van der Waals surface area (Å²) in [6.07, 6.45) is 1.96. The van der Waals surface area contributed by atoms with Crippen LogP contribution in [-0.2, 0) is 6.42 Å². The molecule has 108 valence electrons. The molecule has 1 atom stereocenters. The minimum absolute atomic E-state index is 0.370. The van der Waals surface area contributed by atoms with Gasteiger partial charge in [0.15, 0.2) is 0 Å². The van der Waals surface area contributed by atoms with Gasteiger partial charge in [-0.1, -0.05) is 37.6 Å². The van der Waals surface area contributed by atoms with Gasteiger partial charge in [0, 0.05) is 0 Å². The lowest BCUT2D eigenvalue weighted by Crippen LogP contribution is -2.00. The third kappa shape index (κ3) is 2.79. The van der Waals surface area contributed by atoms with E-state index in [1.165, 1.54) is 0 Å². The fraction of sp³-hybridized carbons (Fsp3) is 0.438. The van der Waals surface area contributed by atoms with Crippen LogP contribution >= 0.6 is 0 Å². The van der Waals surface area contributed by atoms with Gasteiger partial charge in [-0.05, 0) is 36.5 Å². The van der Waals surface area contributed by atoms with Crippen LogP contribution < -0.4 is 10.5 Å². The Labute approximate surface area is 119 Å². The number of aromatic nitrogens is 1. The SMILES string of the molecule is CCC(C)Cc1noc(N)c1-c1ccc(C)c(OC)c1. The van der Waals surface area contributed by atoms with Crippen LogP contribution in [0.5, 0.6) is 5.75 Å². The quantitative estimate of drug-likeness (QED) is 0.900. The molecule has 2 aromatic rings. The number of benzene rings is 1. The minimum Gasteiger partial charge on any atom is -0.496 e. The normalized spacial score (nSPS) is 12.4. The van der Waals surface area contributed by atoms with Crippen molar-refractivity contribution in [3.8, 4) is 16.9 Å². The molecule has 0 aliphatic rings. The molecule has 2 rings (SSSR count). The van der Waals surface area contributed by atoms with E-state index in [4.69, 9.17) is 15.0 Å². The number of hydrogen-bond donors (Lipinski definition) is 1. The molecule has 1 aromatic heterocycles. The summed E-state index contributed by atoms with van der Waals surface area (Å²) in [5.74, 6) is 1.76. The van der Waals surface area contributed by atoms with E-state index in [1.54, 1.807) is 7.11 Å². The van der Waals surface area contributed by atoms with Crippen LogP contribution in [0.25, 0.3) is 11.1 Å². The molecule has 20 heavy (non-hydrogen) atoms. The van der Waals surface area contributed by atoms with Gasteiger partial charge in [0.2, 0.25) is 5.88 Å². The highest BCUT2D eigenvalue weighted by atomic mass is 16.5. The molecule has 0 aliphatic heterocycles. The second kappa shape index (κ2) is 5.99. The van der Waals surface area contributed by atoms with Crippen molar-refractivity contribution < 1.29 is 9.26 Å². The number of rotatable bonds is 5. The van der Waals surface area contributed by atoms with Crippen LogP contribution in [0, 0.1) is 12.8 Å². The molecule has 0 amide bonds. The molecule has 0 aliphatic carbocycles. The molecule has 4 heteroatoms. The summed E-state index contributed by atoms with van der Waals surface area (Å²) in [6.45, 7) is 6.38. The van der Waals surface area contributed by atoms with Crippen molar-refractivity contribution in [3.05, 3.63) is 29.5 Å². The molecule has 2 N–H and O–H groups in total. The van der Waals surface area contributed by atoms with E-state index in [2.05, 4.69) is 19.0 Å². The second-order valence-electron chi connectivity index (χ2n) is 5.27. The summed E-state index contributed by atoms with van der Waals surface area (Å²) in [7, 11) is 1.67. The van der Waals surface area contributed by atoms with Crippen molar-refractivity contribution in [1.82, 2.24) is 5.16 Å². The van der Waals surface area contributed by atoms with Crippen molar-refractivity contribution in [3.63, 3.8) is 0 Å². The van der Waals surface area contributed by atoms with Gasteiger partial charge >= 0.3 is 0 Å². The lowest BCUT2D eigenvalue weighted by Gasteiger charge is -2.10. The number of nitrogens with zero attached hydrogens (tertiary/aromatic N) is 1. The first kappa shape index (κ1) is 14.4. The maximum absolute atomic E-state index is 5.95. The molecule has 0 radical (unpaired) electrons.